The Hall–Kier alpha value is -3.30. The molecule has 3 aromatic rings. The molecule has 1 atom stereocenters. The lowest BCUT2D eigenvalue weighted by atomic mass is 10.1. The molecular weight excluding hydrogens is 500 g/mol. The van der Waals surface area contributed by atoms with Crippen molar-refractivity contribution in [2.75, 3.05) is 50.6 Å². The van der Waals surface area contributed by atoms with Gasteiger partial charge < -0.3 is 19.3 Å². The first-order chi connectivity index (χ1) is 17.4. The number of amides is 2. The summed E-state index contributed by atoms with van der Waals surface area (Å²) in [5.74, 6) is 0.609. The van der Waals surface area contributed by atoms with Gasteiger partial charge in [0.05, 0.1) is 25.8 Å². The number of piperazine rings is 1. The second-order valence-electron chi connectivity index (χ2n) is 8.76. The lowest BCUT2D eigenvalue weighted by Gasteiger charge is -2.37. The van der Waals surface area contributed by atoms with E-state index in [0.29, 0.717) is 40.3 Å². The minimum Gasteiger partial charge on any atom is -0.497 e. The van der Waals surface area contributed by atoms with E-state index in [9.17, 15) is 9.59 Å². The van der Waals surface area contributed by atoms with Gasteiger partial charge in [0.2, 0.25) is 5.91 Å². The highest BCUT2D eigenvalue weighted by Crippen LogP contribution is 2.39. The van der Waals surface area contributed by atoms with Gasteiger partial charge in [0, 0.05) is 53.4 Å². The number of nitrogens with one attached hydrogen (secondary N) is 1. The number of carbonyl (C=O) groups is 2. The molecule has 0 spiro atoms. The Morgan fingerprint density at radius 2 is 1.69 bits per heavy atom. The van der Waals surface area contributed by atoms with Crippen LogP contribution in [-0.2, 0) is 11.2 Å². The van der Waals surface area contributed by atoms with Crippen LogP contribution in [0, 0.1) is 0 Å². The Morgan fingerprint density at radius 1 is 1.03 bits per heavy atom. The third kappa shape index (κ3) is 4.99. The summed E-state index contributed by atoms with van der Waals surface area (Å²) in [6.07, 6.45) is 1.54. The van der Waals surface area contributed by atoms with Crippen LogP contribution in [0.2, 0.25) is 5.02 Å². The standard InChI is InChI=1S/C26H27ClN4O4S/c1-34-19-13-16(14-20(15-19)35-2)24(32)29-26-28-23-21(7-8-22(23)36-26)25(33)31-11-9-30(10-12-31)18-5-3-17(27)4-6-18/h3-6,13-15,21H,7-12H2,1-2H3,(H,28,29,32). The first-order valence-electron chi connectivity index (χ1n) is 11.8. The van der Waals surface area contributed by atoms with E-state index in [-0.39, 0.29) is 17.7 Å². The Labute approximate surface area is 218 Å². The summed E-state index contributed by atoms with van der Waals surface area (Å²) >= 11 is 7.44. The van der Waals surface area contributed by atoms with E-state index in [1.54, 1.807) is 18.2 Å². The average molecular weight is 527 g/mol. The Morgan fingerprint density at radius 3 is 2.33 bits per heavy atom. The van der Waals surface area contributed by atoms with Gasteiger partial charge in [-0.05, 0) is 49.2 Å². The number of carbonyl (C=O) groups excluding carboxylic acids is 2. The molecule has 2 aliphatic rings. The van der Waals surface area contributed by atoms with E-state index < -0.39 is 0 Å². The number of aryl methyl sites for hydroxylation is 1. The molecule has 1 unspecified atom stereocenters. The first kappa shape index (κ1) is 24.4. The summed E-state index contributed by atoms with van der Waals surface area (Å²) in [5, 5.41) is 4.09. The minimum absolute atomic E-state index is 0.116. The third-order valence-electron chi connectivity index (χ3n) is 6.63. The first-order valence-corrected chi connectivity index (χ1v) is 13.0. The molecule has 0 bridgehead atoms. The summed E-state index contributed by atoms with van der Waals surface area (Å²) in [4.78, 5) is 36.2. The van der Waals surface area contributed by atoms with Gasteiger partial charge in [-0.3, -0.25) is 14.9 Å². The average Bonchev–Trinajstić information content (AvgIpc) is 3.48. The summed E-state index contributed by atoms with van der Waals surface area (Å²) in [6, 6.07) is 12.8. The van der Waals surface area contributed by atoms with Crippen LogP contribution in [0.25, 0.3) is 0 Å². The molecule has 2 amide bonds. The van der Waals surface area contributed by atoms with E-state index in [2.05, 4.69) is 15.2 Å². The number of rotatable bonds is 6. The van der Waals surface area contributed by atoms with Crippen LogP contribution >= 0.6 is 22.9 Å². The Balaban J connectivity index is 1.23. The van der Waals surface area contributed by atoms with Gasteiger partial charge in [0.1, 0.15) is 11.5 Å². The van der Waals surface area contributed by atoms with E-state index >= 15 is 0 Å². The van der Waals surface area contributed by atoms with Gasteiger partial charge in [-0.15, -0.1) is 11.3 Å². The fourth-order valence-electron chi connectivity index (χ4n) is 4.69. The minimum atomic E-state index is -0.305. The van der Waals surface area contributed by atoms with Gasteiger partial charge in [-0.2, -0.15) is 0 Å². The number of methoxy groups -OCH3 is 2. The Kier molecular flexibility index (Phi) is 7.02. The number of thiazole rings is 1. The van der Waals surface area contributed by atoms with E-state index in [4.69, 9.17) is 21.1 Å². The van der Waals surface area contributed by atoms with Gasteiger partial charge in [0.15, 0.2) is 5.13 Å². The predicted molar refractivity (Wildman–Crippen MR) is 141 cm³/mol. The number of benzene rings is 2. The highest BCUT2D eigenvalue weighted by molar-refractivity contribution is 7.16. The number of hydrogen-bond acceptors (Lipinski definition) is 7. The molecule has 1 aliphatic carbocycles. The zero-order valence-electron chi connectivity index (χ0n) is 20.1. The Bertz CT molecular complexity index is 1250. The van der Waals surface area contributed by atoms with Gasteiger partial charge in [0.25, 0.3) is 5.91 Å². The summed E-state index contributed by atoms with van der Waals surface area (Å²) in [7, 11) is 3.08. The number of hydrogen-bond donors (Lipinski definition) is 1. The molecule has 1 fully saturated rings. The lowest BCUT2D eigenvalue weighted by Crippen LogP contribution is -2.50. The quantitative estimate of drug-likeness (QED) is 0.511. The van der Waals surface area contributed by atoms with Gasteiger partial charge >= 0.3 is 0 Å². The van der Waals surface area contributed by atoms with Crippen molar-refractivity contribution in [2.45, 2.75) is 18.8 Å². The van der Waals surface area contributed by atoms with Crippen molar-refractivity contribution in [1.82, 2.24) is 9.88 Å². The number of halogens is 1. The van der Waals surface area contributed by atoms with Crippen LogP contribution in [0.3, 0.4) is 0 Å². The monoisotopic (exact) mass is 526 g/mol. The van der Waals surface area contributed by atoms with Crippen LogP contribution in [0.5, 0.6) is 11.5 Å². The van der Waals surface area contributed by atoms with Crippen molar-refractivity contribution >= 4 is 45.6 Å². The molecule has 2 heterocycles. The second kappa shape index (κ2) is 10.4. The molecule has 2 aromatic carbocycles. The van der Waals surface area contributed by atoms with Gasteiger partial charge in [-0.1, -0.05) is 11.6 Å². The molecule has 10 heteroatoms. The van der Waals surface area contributed by atoms with Crippen molar-refractivity contribution < 1.29 is 19.1 Å². The van der Waals surface area contributed by atoms with Gasteiger partial charge in [-0.25, -0.2) is 4.98 Å². The molecule has 5 rings (SSSR count). The third-order valence-corrected chi connectivity index (χ3v) is 7.93. The molecule has 1 saturated heterocycles. The zero-order valence-corrected chi connectivity index (χ0v) is 21.7. The van der Waals surface area contributed by atoms with Crippen LogP contribution in [0.1, 0.15) is 33.3 Å². The SMILES string of the molecule is COc1cc(OC)cc(C(=O)Nc2nc3c(s2)CCC3C(=O)N2CCN(c3ccc(Cl)cc3)CC2)c1. The molecule has 0 radical (unpaired) electrons. The highest BCUT2D eigenvalue weighted by atomic mass is 35.5. The summed E-state index contributed by atoms with van der Waals surface area (Å²) in [5.41, 5.74) is 2.32. The van der Waals surface area contributed by atoms with Crippen LogP contribution in [0.4, 0.5) is 10.8 Å². The number of aromatic nitrogens is 1. The van der Waals surface area contributed by atoms with Crippen molar-refractivity contribution in [3.8, 4) is 11.5 Å². The van der Waals surface area contributed by atoms with Crippen LogP contribution in [0.15, 0.2) is 42.5 Å². The fraction of sp³-hybridized carbons (Fsp3) is 0.346. The second-order valence-corrected chi connectivity index (χ2v) is 10.3. The molecule has 188 valence electrons. The molecule has 36 heavy (non-hydrogen) atoms. The maximum Gasteiger partial charge on any atom is 0.257 e. The van der Waals surface area contributed by atoms with E-state index in [1.165, 1.54) is 25.6 Å². The normalized spacial score (nSPS) is 17.0. The lowest BCUT2D eigenvalue weighted by molar-refractivity contribution is -0.133. The summed E-state index contributed by atoms with van der Waals surface area (Å²) in [6.45, 7) is 2.88. The molecule has 1 N–H and O–H groups in total. The van der Waals surface area contributed by atoms with Crippen LogP contribution < -0.4 is 19.7 Å². The summed E-state index contributed by atoms with van der Waals surface area (Å²) < 4.78 is 10.5. The van der Waals surface area contributed by atoms with Crippen molar-refractivity contribution in [3.05, 3.63) is 63.6 Å². The number of fused-ring (bicyclic) bond motifs is 1. The number of ether oxygens (including phenoxy) is 2. The molecule has 8 nitrogen and oxygen atoms in total. The topological polar surface area (TPSA) is 84.0 Å². The zero-order chi connectivity index (χ0) is 25.2. The van der Waals surface area contributed by atoms with Crippen molar-refractivity contribution in [1.29, 1.82) is 0 Å². The largest absolute Gasteiger partial charge is 0.497 e. The van der Waals surface area contributed by atoms with Crippen LogP contribution in [-0.4, -0.2) is 62.1 Å². The molecule has 0 saturated carbocycles. The molecular formula is C26H27ClN4O4S. The van der Waals surface area contributed by atoms with Crippen molar-refractivity contribution in [2.24, 2.45) is 0 Å². The van der Waals surface area contributed by atoms with E-state index in [0.717, 1.165) is 42.2 Å². The maximum absolute atomic E-state index is 13.4. The number of anilines is 2. The van der Waals surface area contributed by atoms with Crippen molar-refractivity contribution in [3.63, 3.8) is 0 Å². The smallest absolute Gasteiger partial charge is 0.257 e. The fourth-order valence-corrected chi connectivity index (χ4v) is 5.85. The van der Waals surface area contributed by atoms with E-state index in [1.807, 2.05) is 29.2 Å². The number of nitrogens with zero attached hydrogens (tertiary/aromatic N) is 3. The predicted octanol–water partition coefficient (Wildman–Crippen LogP) is 4.44. The maximum atomic E-state index is 13.4. The molecule has 1 aromatic heterocycles. The molecule has 1 aliphatic heterocycles. The highest BCUT2D eigenvalue weighted by Gasteiger charge is 2.36.